The summed E-state index contributed by atoms with van der Waals surface area (Å²) in [7, 11) is 0. The van der Waals surface area contributed by atoms with Gasteiger partial charge in [0.1, 0.15) is 0 Å². The fourth-order valence-electron chi connectivity index (χ4n) is 3.09. The fourth-order valence-corrected chi connectivity index (χ4v) is 3.09. The van der Waals surface area contributed by atoms with Crippen molar-refractivity contribution in [1.29, 1.82) is 0 Å². The normalized spacial score (nSPS) is 18.5. The Morgan fingerprint density at radius 1 is 0.923 bits per heavy atom. The Hall–Kier alpha value is -2.30. The lowest BCUT2D eigenvalue weighted by atomic mass is 10.2. The van der Waals surface area contributed by atoms with Crippen molar-refractivity contribution in [3.8, 4) is 0 Å². The molecule has 1 aromatic carbocycles. The van der Waals surface area contributed by atoms with Crippen LogP contribution < -0.4 is 20.9 Å². The highest BCUT2D eigenvalue weighted by Gasteiger charge is 2.22. The van der Waals surface area contributed by atoms with Crippen LogP contribution in [0.5, 0.6) is 0 Å². The van der Waals surface area contributed by atoms with Crippen LogP contribution in [0.1, 0.15) is 12.8 Å². The molecule has 2 heterocycles. The molecule has 0 unspecified atom stereocenters. The summed E-state index contributed by atoms with van der Waals surface area (Å²) in [6.07, 6.45) is 2.04. The highest BCUT2D eigenvalue weighted by atomic mass is 16.6. The van der Waals surface area contributed by atoms with Gasteiger partial charge in [0.25, 0.3) is 0 Å². The van der Waals surface area contributed by atoms with E-state index in [4.69, 9.17) is 4.63 Å². The Morgan fingerprint density at radius 2 is 1.62 bits per heavy atom. The number of rotatable bonds is 2. The van der Waals surface area contributed by atoms with Crippen LogP contribution in [-0.4, -0.2) is 67.6 Å². The monoisotopic (exact) mass is 363 g/mol. The SMILES string of the molecule is O=[N+]([O-])c1ccc(N2CCCNCCNCCCNCC2)c2nonc12. The predicted octanol–water partition coefficient (Wildman–Crippen LogP) is 0.500. The minimum Gasteiger partial charge on any atom is -0.368 e. The first-order chi connectivity index (χ1) is 12.8. The standard InChI is InChI=1S/C16H25N7O3/c24-23(25)14-4-3-13(15-16(14)21-26-20-15)22-11-2-7-18-9-8-17-5-1-6-19-10-12-22/h3-4,17-19H,1-2,5-12H2. The minimum absolute atomic E-state index is 0.0839. The van der Waals surface area contributed by atoms with Crippen molar-refractivity contribution in [2.75, 3.05) is 57.3 Å². The molecule has 26 heavy (non-hydrogen) atoms. The first-order valence-corrected chi connectivity index (χ1v) is 9.04. The van der Waals surface area contributed by atoms with E-state index in [2.05, 4.69) is 31.2 Å². The molecule has 10 nitrogen and oxygen atoms in total. The average molecular weight is 363 g/mol. The highest BCUT2D eigenvalue weighted by Crippen LogP contribution is 2.31. The molecule has 0 radical (unpaired) electrons. The molecule has 3 N–H and O–H groups in total. The third-order valence-electron chi connectivity index (χ3n) is 4.44. The average Bonchev–Trinajstić information content (AvgIpc) is 3.12. The molecule has 3 rings (SSSR count). The van der Waals surface area contributed by atoms with E-state index >= 15 is 0 Å². The fraction of sp³-hybridized carbons (Fsp3) is 0.625. The lowest BCUT2D eigenvalue weighted by Crippen LogP contribution is -2.37. The molecule has 0 bridgehead atoms. The predicted molar refractivity (Wildman–Crippen MR) is 98.5 cm³/mol. The van der Waals surface area contributed by atoms with Gasteiger partial charge >= 0.3 is 5.69 Å². The topological polar surface area (TPSA) is 121 Å². The second-order valence-electron chi connectivity index (χ2n) is 6.27. The summed E-state index contributed by atoms with van der Waals surface area (Å²) >= 11 is 0. The van der Waals surface area contributed by atoms with E-state index in [-0.39, 0.29) is 11.2 Å². The Bertz CT molecular complexity index is 707. The first kappa shape index (κ1) is 18.5. The molecule has 0 amide bonds. The Morgan fingerprint density at radius 3 is 2.38 bits per heavy atom. The van der Waals surface area contributed by atoms with Crippen LogP contribution in [0.25, 0.3) is 11.0 Å². The molecule has 10 heteroatoms. The van der Waals surface area contributed by atoms with Gasteiger partial charge in [-0.3, -0.25) is 10.1 Å². The number of nitro groups is 1. The Labute approximate surface area is 151 Å². The second-order valence-corrected chi connectivity index (χ2v) is 6.27. The maximum absolute atomic E-state index is 11.2. The minimum atomic E-state index is -0.460. The molecule has 1 aliphatic heterocycles. The van der Waals surface area contributed by atoms with Crippen molar-refractivity contribution in [3.05, 3.63) is 22.2 Å². The molecule has 0 spiro atoms. The van der Waals surface area contributed by atoms with Crippen LogP contribution in [-0.2, 0) is 0 Å². The summed E-state index contributed by atoms with van der Waals surface area (Å²) in [6, 6.07) is 3.22. The van der Waals surface area contributed by atoms with Crippen molar-refractivity contribution >= 4 is 22.4 Å². The van der Waals surface area contributed by atoms with Crippen molar-refractivity contribution < 1.29 is 9.55 Å². The number of fused-ring (bicyclic) bond motifs is 1. The third kappa shape index (κ3) is 4.65. The van der Waals surface area contributed by atoms with Gasteiger partial charge in [-0.1, -0.05) is 0 Å². The van der Waals surface area contributed by atoms with Gasteiger partial charge in [0.15, 0.2) is 5.52 Å². The molecule has 142 valence electrons. The summed E-state index contributed by atoms with van der Waals surface area (Å²) in [4.78, 5) is 12.9. The van der Waals surface area contributed by atoms with Crippen LogP contribution in [0.2, 0.25) is 0 Å². The number of non-ortho nitro benzene ring substituents is 1. The zero-order chi connectivity index (χ0) is 18.2. The molecule has 0 atom stereocenters. The zero-order valence-electron chi connectivity index (χ0n) is 14.7. The van der Waals surface area contributed by atoms with Crippen molar-refractivity contribution in [3.63, 3.8) is 0 Å². The largest absolute Gasteiger partial charge is 0.368 e. The van der Waals surface area contributed by atoms with Gasteiger partial charge in [-0.05, 0) is 48.9 Å². The summed E-state index contributed by atoms with van der Waals surface area (Å²) in [5, 5.41) is 29.1. The van der Waals surface area contributed by atoms with Crippen molar-refractivity contribution in [1.82, 2.24) is 26.3 Å². The van der Waals surface area contributed by atoms with Crippen LogP contribution in [0.15, 0.2) is 16.8 Å². The Balaban J connectivity index is 1.77. The van der Waals surface area contributed by atoms with Gasteiger partial charge in [-0.25, -0.2) is 4.63 Å². The Kier molecular flexibility index (Phi) is 6.69. The molecule has 2 aromatic rings. The van der Waals surface area contributed by atoms with Gasteiger partial charge in [-0.2, -0.15) is 0 Å². The van der Waals surface area contributed by atoms with Gasteiger partial charge in [0.05, 0.1) is 10.6 Å². The van der Waals surface area contributed by atoms with Gasteiger partial charge in [0.2, 0.25) is 5.52 Å². The van der Waals surface area contributed by atoms with Crippen molar-refractivity contribution in [2.24, 2.45) is 0 Å². The summed E-state index contributed by atoms with van der Waals surface area (Å²) in [5.74, 6) is 0. The van der Waals surface area contributed by atoms with E-state index in [9.17, 15) is 10.1 Å². The smallest absolute Gasteiger partial charge is 0.300 e. The van der Waals surface area contributed by atoms with Gasteiger partial charge in [-0.15, -0.1) is 0 Å². The quantitative estimate of drug-likeness (QED) is 0.517. The van der Waals surface area contributed by atoms with Crippen LogP contribution in [0, 0.1) is 10.1 Å². The molecule has 1 saturated heterocycles. The number of nitro benzene ring substituents is 1. The summed E-state index contributed by atoms with van der Waals surface area (Å²) in [5.41, 5.74) is 1.38. The molecule has 0 saturated carbocycles. The molecular weight excluding hydrogens is 338 g/mol. The lowest BCUT2D eigenvalue weighted by molar-refractivity contribution is -0.383. The van der Waals surface area contributed by atoms with Gasteiger partial charge < -0.3 is 20.9 Å². The van der Waals surface area contributed by atoms with E-state index in [1.165, 1.54) is 6.07 Å². The highest BCUT2D eigenvalue weighted by molar-refractivity contribution is 5.93. The zero-order valence-corrected chi connectivity index (χ0v) is 14.7. The number of benzene rings is 1. The maximum Gasteiger partial charge on any atom is 0.300 e. The van der Waals surface area contributed by atoms with Crippen LogP contribution in [0.3, 0.4) is 0 Å². The third-order valence-corrected chi connectivity index (χ3v) is 4.44. The molecule has 1 aromatic heterocycles. The molecule has 0 aliphatic carbocycles. The summed E-state index contributed by atoms with van der Waals surface area (Å²) in [6.45, 7) is 7.23. The number of nitrogens with zero attached hydrogens (tertiary/aromatic N) is 4. The summed E-state index contributed by atoms with van der Waals surface area (Å²) < 4.78 is 4.79. The van der Waals surface area contributed by atoms with Crippen molar-refractivity contribution in [2.45, 2.75) is 12.8 Å². The number of anilines is 1. The second kappa shape index (κ2) is 9.41. The number of hydrogen-bond donors (Lipinski definition) is 3. The van der Waals surface area contributed by atoms with E-state index in [0.717, 1.165) is 70.9 Å². The number of aromatic nitrogens is 2. The maximum atomic E-state index is 11.2. The first-order valence-electron chi connectivity index (χ1n) is 9.04. The molecule has 1 fully saturated rings. The van der Waals surface area contributed by atoms with E-state index in [1.807, 2.05) is 0 Å². The van der Waals surface area contributed by atoms with E-state index < -0.39 is 4.92 Å². The number of nitrogens with one attached hydrogen (secondary N) is 3. The molecular formula is C16H25N7O3. The van der Waals surface area contributed by atoms with Crippen LogP contribution >= 0.6 is 0 Å². The van der Waals surface area contributed by atoms with Gasteiger partial charge in [0, 0.05) is 38.8 Å². The van der Waals surface area contributed by atoms with E-state index in [0.29, 0.717) is 5.52 Å². The molecule has 1 aliphatic rings. The van der Waals surface area contributed by atoms with E-state index in [1.54, 1.807) is 6.07 Å². The lowest BCUT2D eigenvalue weighted by Gasteiger charge is -2.25. The van der Waals surface area contributed by atoms with Crippen LogP contribution in [0.4, 0.5) is 11.4 Å². The number of hydrogen-bond acceptors (Lipinski definition) is 9.